The molecule has 1 heterocycles. The van der Waals surface area contributed by atoms with Crippen LogP contribution in [0.2, 0.25) is 0 Å². The smallest absolute Gasteiger partial charge is 0.232 e. The van der Waals surface area contributed by atoms with Crippen LogP contribution in [0.5, 0.6) is 0 Å². The molecule has 1 rings (SSSR count). The molecule has 84 valence electrons. The van der Waals surface area contributed by atoms with Crippen LogP contribution in [0.4, 0.5) is 0 Å². The monoisotopic (exact) mass is 239 g/mol. The fourth-order valence-corrected chi connectivity index (χ4v) is 2.73. The van der Waals surface area contributed by atoms with E-state index in [4.69, 9.17) is 10.7 Å². The van der Waals surface area contributed by atoms with E-state index in [0.717, 1.165) is 13.1 Å². The molecule has 0 spiro atoms. The van der Waals surface area contributed by atoms with Crippen molar-refractivity contribution in [2.75, 3.05) is 18.8 Å². The summed E-state index contributed by atoms with van der Waals surface area (Å²) in [5, 5.41) is 0. The molecule has 0 aliphatic carbocycles. The lowest BCUT2D eigenvalue weighted by Crippen LogP contribution is -2.38. The van der Waals surface area contributed by atoms with Crippen molar-refractivity contribution in [2.24, 2.45) is 0 Å². The highest BCUT2D eigenvalue weighted by Gasteiger charge is 2.18. The van der Waals surface area contributed by atoms with Gasteiger partial charge in [0, 0.05) is 16.7 Å². The standard InChI is InChI=1S/C9H18ClNO2S/c1-9-5-2-3-6-11(9)7-4-8-14(10,12)13/h9H,2-8H2,1H3/t9-/m0/s1. The Labute approximate surface area is 90.8 Å². The number of hydrogen-bond acceptors (Lipinski definition) is 3. The van der Waals surface area contributed by atoms with Gasteiger partial charge in [0.05, 0.1) is 5.75 Å². The van der Waals surface area contributed by atoms with E-state index in [0.29, 0.717) is 12.5 Å². The average molecular weight is 240 g/mol. The van der Waals surface area contributed by atoms with Crippen LogP contribution in [0.3, 0.4) is 0 Å². The first-order valence-electron chi connectivity index (χ1n) is 5.15. The molecular weight excluding hydrogens is 222 g/mol. The lowest BCUT2D eigenvalue weighted by molar-refractivity contribution is 0.161. The highest BCUT2D eigenvalue weighted by molar-refractivity contribution is 8.13. The number of hydrogen-bond donors (Lipinski definition) is 0. The summed E-state index contributed by atoms with van der Waals surface area (Å²) < 4.78 is 21.4. The Morgan fingerprint density at radius 2 is 2.14 bits per heavy atom. The summed E-state index contributed by atoms with van der Waals surface area (Å²) in [5.41, 5.74) is 0. The first-order chi connectivity index (χ1) is 6.49. The molecule has 0 amide bonds. The van der Waals surface area contributed by atoms with Crippen molar-refractivity contribution in [1.29, 1.82) is 0 Å². The summed E-state index contributed by atoms with van der Waals surface area (Å²) in [5.74, 6) is 0.0950. The van der Waals surface area contributed by atoms with Gasteiger partial charge in [-0.2, -0.15) is 0 Å². The Morgan fingerprint density at radius 1 is 1.43 bits per heavy atom. The molecule has 3 nitrogen and oxygen atoms in total. The van der Waals surface area contributed by atoms with Gasteiger partial charge in [-0.15, -0.1) is 0 Å². The highest BCUT2D eigenvalue weighted by Crippen LogP contribution is 2.16. The zero-order valence-corrected chi connectivity index (χ0v) is 10.1. The topological polar surface area (TPSA) is 37.4 Å². The van der Waals surface area contributed by atoms with E-state index in [1.807, 2.05) is 0 Å². The molecule has 1 aliphatic rings. The lowest BCUT2D eigenvalue weighted by Gasteiger charge is -2.33. The molecule has 1 atom stereocenters. The molecule has 0 bridgehead atoms. The Morgan fingerprint density at radius 3 is 2.71 bits per heavy atom. The van der Waals surface area contributed by atoms with Gasteiger partial charge >= 0.3 is 0 Å². The van der Waals surface area contributed by atoms with Crippen LogP contribution in [0, 0.1) is 0 Å². The average Bonchev–Trinajstić information content (AvgIpc) is 2.06. The van der Waals surface area contributed by atoms with Gasteiger partial charge in [0.1, 0.15) is 0 Å². The molecule has 0 radical (unpaired) electrons. The van der Waals surface area contributed by atoms with Crippen molar-refractivity contribution in [3.05, 3.63) is 0 Å². The quantitative estimate of drug-likeness (QED) is 0.703. The third kappa shape index (κ3) is 4.62. The summed E-state index contributed by atoms with van der Waals surface area (Å²) in [4.78, 5) is 2.35. The van der Waals surface area contributed by atoms with Gasteiger partial charge in [0.2, 0.25) is 9.05 Å². The molecule has 1 fully saturated rings. The van der Waals surface area contributed by atoms with Crippen LogP contribution in [0.25, 0.3) is 0 Å². The lowest BCUT2D eigenvalue weighted by atomic mass is 10.0. The number of piperidine rings is 1. The maximum absolute atomic E-state index is 10.7. The van der Waals surface area contributed by atoms with E-state index in [1.165, 1.54) is 19.3 Å². The van der Waals surface area contributed by atoms with E-state index < -0.39 is 9.05 Å². The maximum Gasteiger partial charge on any atom is 0.232 e. The Hall–Kier alpha value is 0.200. The minimum atomic E-state index is -3.30. The van der Waals surface area contributed by atoms with Crippen LogP contribution in [-0.2, 0) is 9.05 Å². The van der Waals surface area contributed by atoms with Crippen molar-refractivity contribution in [1.82, 2.24) is 4.90 Å². The van der Waals surface area contributed by atoms with E-state index in [-0.39, 0.29) is 5.75 Å². The largest absolute Gasteiger partial charge is 0.301 e. The van der Waals surface area contributed by atoms with Gasteiger partial charge in [0.25, 0.3) is 0 Å². The maximum atomic E-state index is 10.7. The zero-order valence-electron chi connectivity index (χ0n) is 8.58. The fraction of sp³-hybridized carbons (Fsp3) is 1.00. The molecule has 0 aromatic carbocycles. The third-order valence-corrected chi connectivity index (χ3v) is 4.01. The van der Waals surface area contributed by atoms with Crippen LogP contribution in [-0.4, -0.2) is 38.2 Å². The minimum Gasteiger partial charge on any atom is -0.301 e. The Balaban J connectivity index is 2.23. The second-order valence-corrected chi connectivity index (χ2v) is 6.87. The molecule has 0 aromatic rings. The molecule has 0 unspecified atom stereocenters. The number of nitrogens with zero attached hydrogens (tertiary/aromatic N) is 1. The minimum absolute atomic E-state index is 0.0950. The fourth-order valence-electron chi connectivity index (χ4n) is 1.93. The molecule has 5 heteroatoms. The van der Waals surface area contributed by atoms with Crippen LogP contribution < -0.4 is 0 Å². The van der Waals surface area contributed by atoms with Gasteiger partial charge in [-0.25, -0.2) is 8.42 Å². The first kappa shape index (κ1) is 12.3. The summed E-state index contributed by atoms with van der Waals surface area (Å²) >= 11 is 0. The Bertz CT molecular complexity index is 266. The molecule has 14 heavy (non-hydrogen) atoms. The molecule has 0 N–H and O–H groups in total. The summed E-state index contributed by atoms with van der Waals surface area (Å²) in [6.07, 6.45) is 4.41. The van der Waals surface area contributed by atoms with Gasteiger partial charge in [0.15, 0.2) is 0 Å². The molecule has 0 aromatic heterocycles. The van der Waals surface area contributed by atoms with Crippen molar-refractivity contribution in [3.63, 3.8) is 0 Å². The van der Waals surface area contributed by atoms with Crippen LogP contribution in [0.1, 0.15) is 32.6 Å². The SMILES string of the molecule is C[C@H]1CCCCN1CCCS(=O)(=O)Cl. The number of rotatable bonds is 4. The second kappa shape index (κ2) is 5.33. The normalized spacial score (nSPS) is 25.1. The predicted octanol–water partition coefficient (Wildman–Crippen LogP) is 1.82. The van der Waals surface area contributed by atoms with E-state index in [9.17, 15) is 8.42 Å². The van der Waals surface area contributed by atoms with Crippen molar-refractivity contribution in [3.8, 4) is 0 Å². The number of halogens is 1. The highest BCUT2D eigenvalue weighted by atomic mass is 35.7. The molecular formula is C9H18ClNO2S. The Kier molecular flexibility index (Phi) is 4.67. The van der Waals surface area contributed by atoms with Crippen molar-refractivity contribution < 1.29 is 8.42 Å². The summed E-state index contributed by atoms with van der Waals surface area (Å²) in [6, 6.07) is 0.599. The molecule has 1 aliphatic heterocycles. The summed E-state index contributed by atoms with van der Waals surface area (Å²) in [7, 11) is 1.84. The zero-order chi connectivity index (χ0) is 10.6. The predicted molar refractivity (Wildman–Crippen MR) is 59.1 cm³/mol. The molecule has 0 saturated carbocycles. The third-order valence-electron chi connectivity index (χ3n) is 2.77. The van der Waals surface area contributed by atoms with E-state index in [2.05, 4.69) is 11.8 Å². The van der Waals surface area contributed by atoms with E-state index in [1.54, 1.807) is 0 Å². The first-order valence-corrected chi connectivity index (χ1v) is 7.63. The molecule has 1 saturated heterocycles. The van der Waals surface area contributed by atoms with Gasteiger partial charge in [-0.3, -0.25) is 0 Å². The van der Waals surface area contributed by atoms with Gasteiger partial charge in [-0.05, 0) is 39.3 Å². The van der Waals surface area contributed by atoms with Crippen molar-refractivity contribution in [2.45, 2.75) is 38.6 Å². The second-order valence-electron chi connectivity index (χ2n) is 3.98. The van der Waals surface area contributed by atoms with Crippen LogP contribution >= 0.6 is 10.7 Å². The van der Waals surface area contributed by atoms with Gasteiger partial charge in [-0.1, -0.05) is 6.42 Å². The van der Waals surface area contributed by atoms with Gasteiger partial charge < -0.3 is 4.90 Å². The van der Waals surface area contributed by atoms with Crippen molar-refractivity contribution >= 4 is 19.7 Å². The van der Waals surface area contributed by atoms with E-state index >= 15 is 0 Å². The van der Waals surface area contributed by atoms with Crippen LogP contribution in [0.15, 0.2) is 0 Å². The number of likely N-dealkylation sites (tertiary alicyclic amines) is 1. The summed E-state index contributed by atoms with van der Waals surface area (Å²) in [6.45, 7) is 4.16.